The smallest absolute Gasteiger partial charge is 0.330 e. The molecule has 15 heavy (non-hydrogen) atoms. The summed E-state index contributed by atoms with van der Waals surface area (Å²) in [6.45, 7) is 2.13. The van der Waals surface area contributed by atoms with Crippen LogP contribution < -0.4 is 5.73 Å². The van der Waals surface area contributed by atoms with E-state index in [1.165, 1.54) is 6.08 Å². The van der Waals surface area contributed by atoms with Crippen molar-refractivity contribution in [1.82, 2.24) is 9.97 Å². The fourth-order valence-electron chi connectivity index (χ4n) is 1.10. The molecule has 0 aliphatic rings. The number of aromatic amines is 1. The van der Waals surface area contributed by atoms with Crippen LogP contribution in [0.3, 0.4) is 0 Å². The highest BCUT2D eigenvalue weighted by molar-refractivity contribution is 5.81. The van der Waals surface area contributed by atoms with Crippen LogP contribution in [0.1, 0.15) is 12.6 Å². The number of nitrogens with two attached hydrogens (primary N) is 1. The topological polar surface area (TPSA) is 81.0 Å². The van der Waals surface area contributed by atoms with Crippen molar-refractivity contribution >= 4 is 5.97 Å². The molecular weight excluding hydrogens is 194 g/mol. The van der Waals surface area contributed by atoms with Crippen LogP contribution in [0.4, 0.5) is 0 Å². The summed E-state index contributed by atoms with van der Waals surface area (Å²) in [6, 6.07) is -0.224. The minimum absolute atomic E-state index is 0.224. The van der Waals surface area contributed by atoms with Crippen LogP contribution in [0, 0.1) is 0 Å². The molecule has 0 aliphatic heterocycles. The Balaban J connectivity index is 2.35. The molecule has 0 bridgehead atoms. The number of carbonyl (C=O) groups is 1. The first-order valence-corrected chi connectivity index (χ1v) is 4.80. The van der Waals surface area contributed by atoms with Gasteiger partial charge in [-0.25, -0.2) is 9.78 Å². The van der Waals surface area contributed by atoms with E-state index in [0.29, 0.717) is 13.0 Å². The van der Waals surface area contributed by atoms with Crippen LogP contribution >= 0.6 is 0 Å². The molecule has 82 valence electrons. The van der Waals surface area contributed by atoms with Gasteiger partial charge in [-0.05, 0) is 6.92 Å². The normalized spacial score (nSPS) is 12.9. The molecule has 0 aromatic carbocycles. The van der Waals surface area contributed by atoms with Crippen molar-refractivity contribution in [3.63, 3.8) is 0 Å². The van der Waals surface area contributed by atoms with Gasteiger partial charge in [0, 0.05) is 24.7 Å². The highest BCUT2D eigenvalue weighted by atomic mass is 16.5. The first-order chi connectivity index (χ1) is 7.22. The number of hydrogen-bond donors (Lipinski definition) is 2. The third-order valence-corrected chi connectivity index (χ3v) is 1.77. The van der Waals surface area contributed by atoms with Crippen LogP contribution in [0.15, 0.2) is 24.7 Å². The lowest BCUT2D eigenvalue weighted by Crippen LogP contribution is -2.20. The second kappa shape index (κ2) is 5.98. The Bertz CT molecular complexity index is 319. The highest BCUT2D eigenvalue weighted by Crippen LogP contribution is 1.97. The van der Waals surface area contributed by atoms with E-state index >= 15 is 0 Å². The van der Waals surface area contributed by atoms with Crippen molar-refractivity contribution in [1.29, 1.82) is 0 Å². The fourth-order valence-corrected chi connectivity index (χ4v) is 1.10. The van der Waals surface area contributed by atoms with Gasteiger partial charge in [-0.3, -0.25) is 0 Å². The standard InChI is InChI=1S/C10H15N3O2/c1-2-15-10(14)4-3-8(11)5-9-6-12-7-13-9/h3-4,6-8H,2,5,11H2,1H3,(H,12,13). The van der Waals surface area contributed by atoms with Crippen molar-refractivity contribution in [3.8, 4) is 0 Å². The monoisotopic (exact) mass is 209 g/mol. The molecule has 1 rings (SSSR count). The minimum atomic E-state index is -0.366. The molecule has 5 heteroatoms. The van der Waals surface area contributed by atoms with Gasteiger partial charge in [0.1, 0.15) is 0 Å². The van der Waals surface area contributed by atoms with Crippen LogP contribution in [-0.2, 0) is 16.0 Å². The molecule has 0 amide bonds. The molecular formula is C10H15N3O2. The Morgan fingerprint density at radius 3 is 3.20 bits per heavy atom. The molecule has 0 fully saturated rings. The van der Waals surface area contributed by atoms with E-state index in [0.717, 1.165) is 5.69 Å². The second-order valence-corrected chi connectivity index (χ2v) is 3.04. The number of nitrogens with one attached hydrogen (secondary N) is 1. The van der Waals surface area contributed by atoms with E-state index in [-0.39, 0.29) is 12.0 Å². The SMILES string of the molecule is CCOC(=O)C=CC(N)Cc1c[nH]cn1. The molecule has 3 N–H and O–H groups in total. The molecule has 5 nitrogen and oxygen atoms in total. The van der Waals surface area contributed by atoms with Crippen LogP contribution in [0.5, 0.6) is 0 Å². The van der Waals surface area contributed by atoms with E-state index in [1.807, 2.05) is 0 Å². The van der Waals surface area contributed by atoms with Crippen molar-refractivity contribution in [3.05, 3.63) is 30.4 Å². The molecule has 1 aromatic rings. The number of hydrogen-bond acceptors (Lipinski definition) is 4. The number of esters is 1. The van der Waals surface area contributed by atoms with Crippen LogP contribution in [0.25, 0.3) is 0 Å². The summed E-state index contributed by atoms with van der Waals surface area (Å²) in [7, 11) is 0. The first-order valence-electron chi connectivity index (χ1n) is 4.80. The number of nitrogens with zero attached hydrogens (tertiary/aromatic N) is 1. The molecule has 0 spiro atoms. The molecule has 1 heterocycles. The molecule has 1 unspecified atom stereocenters. The van der Waals surface area contributed by atoms with Gasteiger partial charge in [0.15, 0.2) is 0 Å². The Kier molecular flexibility index (Phi) is 4.56. The molecule has 0 saturated carbocycles. The van der Waals surface area contributed by atoms with Gasteiger partial charge >= 0.3 is 5.97 Å². The van der Waals surface area contributed by atoms with E-state index in [2.05, 4.69) is 9.97 Å². The van der Waals surface area contributed by atoms with Crippen molar-refractivity contribution < 1.29 is 9.53 Å². The lowest BCUT2D eigenvalue weighted by Gasteiger charge is -2.02. The lowest BCUT2D eigenvalue weighted by molar-refractivity contribution is -0.137. The summed E-state index contributed by atoms with van der Waals surface area (Å²) < 4.78 is 4.72. The zero-order valence-corrected chi connectivity index (χ0v) is 8.64. The van der Waals surface area contributed by atoms with Gasteiger partial charge in [0.05, 0.1) is 18.6 Å². The molecule has 1 atom stereocenters. The average molecular weight is 209 g/mol. The third-order valence-electron chi connectivity index (χ3n) is 1.77. The number of ether oxygens (including phenoxy) is 1. The molecule has 0 aliphatic carbocycles. The van der Waals surface area contributed by atoms with Crippen molar-refractivity contribution in [2.24, 2.45) is 5.73 Å². The third kappa shape index (κ3) is 4.42. The van der Waals surface area contributed by atoms with E-state index < -0.39 is 0 Å². The zero-order chi connectivity index (χ0) is 11.1. The number of aromatic nitrogens is 2. The van der Waals surface area contributed by atoms with Gasteiger partial charge in [-0.15, -0.1) is 0 Å². The average Bonchev–Trinajstić information content (AvgIpc) is 2.68. The second-order valence-electron chi connectivity index (χ2n) is 3.04. The molecule has 0 saturated heterocycles. The van der Waals surface area contributed by atoms with Crippen molar-refractivity contribution in [2.75, 3.05) is 6.61 Å². The molecule has 0 radical (unpaired) electrons. The number of H-pyrrole nitrogens is 1. The fraction of sp³-hybridized carbons (Fsp3) is 0.400. The predicted molar refractivity (Wildman–Crippen MR) is 56.0 cm³/mol. The number of rotatable bonds is 5. The summed E-state index contributed by atoms with van der Waals surface area (Å²) in [5.41, 5.74) is 6.63. The predicted octanol–water partition coefficient (Wildman–Crippen LogP) is 0.399. The van der Waals surface area contributed by atoms with Gasteiger partial charge in [-0.2, -0.15) is 0 Å². The largest absolute Gasteiger partial charge is 0.463 e. The van der Waals surface area contributed by atoms with Crippen LogP contribution in [-0.4, -0.2) is 28.6 Å². The number of imidazole rings is 1. The summed E-state index contributed by atoms with van der Waals surface area (Å²) in [5, 5.41) is 0. The maximum Gasteiger partial charge on any atom is 0.330 e. The first kappa shape index (κ1) is 11.5. The van der Waals surface area contributed by atoms with Gasteiger partial charge in [0.25, 0.3) is 0 Å². The Morgan fingerprint density at radius 1 is 1.80 bits per heavy atom. The van der Waals surface area contributed by atoms with Crippen LogP contribution in [0.2, 0.25) is 0 Å². The lowest BCUT2D eigenvalue weighted by atomic mass is 10.1. The van der Waals surface area contributed by atoms with E-state index in [4.69, 9.17) is 10.5 Å². The Hall–Kier alpha value is -1.62. The Morgan fingerprint density at radius 2 is 2.60 bits per heavy atom. The summed E-state index contributed by atoms with van der Waals surface area (Å²) in [6.07, 6.45) is 6.93. The number of carbonyl (C=O) groups excluding carboxylic acids is 1. The summed E-state index contributed by atoms with van der Waals surface area (Å²) in [4.78, 5) is 17.8. The summed E-state index contributed by atoms with van der Waals surface area (Å²) >= 11 is 0. The van der Waals surface area contributed by atoms with Crippen molar-refractivity contribution in [2.45, 2.75) is 19.4 Å². The minimum Gasteiger partial charge on any atom is -0.463 e. The highest BCUT2D eigenvalue weighted by Gasteiger charge is 2.02. The Labute approximate surface area is 88.3 Å². The zero-order valence-electron chi connectivity index (χ0n) is 8.64. The maximum absolute atomic E-state index is 11.0. The molecule has 1 aromatic heterocycles. The van der Waals surface area contributed by atoms with E-state index in [9.17, 15) is 4.79 Å². The maximum atomic E-state index is 11.0. The summed E-state index contributed by atoms with van der Waals surface area (Å²) in [5.74, 6) is -0.366. The quantitative estimate of drug-likeness (QED) is 0.543. The van der Waals surface area contributed by atoms with Gasteiger partial charge in [-0.1, -0.05) is 6.08 Å². The van der Waals surface area contributed by atoms with Gasteiger partial charge < -0.3 is 15.5 Å². The van der Waals surface area contributed by atoms with Gasteiger partial charge in [0.2, 0.25) is 0 Å². The van der Waals surface area contributed by atoms with E-state index in [1.54, 1.807) is 25.5 Å².